The van der Waals surface area contributed by atoms with Gasteiger partial charge in [0.25, 0.3) is 0 Å². The SMILES string of the molecule is CN1CCCN(CCNCc2ccccn2)CC1. The zero-order chi connectivity index (χ0) is 12.6. The molecular formula is C14H24N4. The number of hydrogen-bond acceptors (Lipinski definition) is 4. The molecule has 1 saturated heterocycles. The minimum absolute atomic E-state index is 0.870. The van der Waals surface area contributed by atoms with Gasteiger partial charge in [0, 0.05) is 38.9 Å². The molecule has 0 amide bonds. The molecule has 18 heavy (non-hydrogen) atoms. The van der Waals surface area contributed by atoms with Crippen LogP contribution < -0.4 is 5.32 Å². The van der Waals surface area contributed by atoms with Crippen LogP contribution in [0.15, 0.2) is 24.4 Å². The van der Waals surface area contributed by atoms with Crippen LogP contribution in [0.2, 0.25) is 0 Å². The standard InChI is InChI=1S/C14H24N4/c1-17-8-4-9-18(12-11-17)10-7-15-13-14-5-2-3-6-16-14/h2-3,5-6,15H,4,7-13H2,1H3. The molecule has 1 aromatic heterocycles. The lowest BCUT2D eigenvalue weighted by molar-refractivity contribution is 0.275. The molecule has 100 valence electrons. The van der Waals surface area contributed by atoms with E-state index in [1.54, 1.807) is 0 Å². The normalized spacial score (nSPS) is 18.7. The molecular weight excluding hydrogens is 224 g/mol. The summed E-state index contributed by atoms with van der Waals surface area (Å²) in [4.78, 5) is 9.27. The molecule has 0 atom stereocenters. The summed E-state index contributed by atoms with van der Waals surface area (Å²) in [6.45, 7) is 7.91. The summed E-state index contributed by atoms with van der Waals surface area (Å²) >= 11 is 0. The first-order chi connectivity index (χ1) is 8.84. The van der Waals surface area contributed by atoms with Crippen LogP contribution in [0.4, 0.5) is 0 Å². The fourth-order valence-electron chi connectivity index (χ4n) is 2.28. The Morgan fingerprint density at radius 1 is 1.22 bits per heavy atom. The van der Waals surface area contributed by atoms with Crippen molar-refractivity contribution in [3.8, 4) is 0 Å². The van der Waals surface area contributed by atoms with E-state index in [1.165, 1.54) is 32.6 Å². The van der Waals surface area contributed by atoms with E-state index >= 15 is 0 Å². The third kappa shape index (κ3) is 4.72. The molecule has 4 heteroatoms. The van der Waals surface area contributed by atoms with Crippen molar-refractivity contribution < 1.29 is 0 Å². The van der Waals surface area contributed by atoms with Gasteiger partial charge in [-0.1, -0.05) is 6.07 Å². The summed E-state index contributed by atoms with van der Waals surface area (Å²) in [5.41, 5.74) is 1.12. The molecule has 0 aliphatic carbocycles. The van der Waals surface area contributed by atoms with Crippen LogP contribution in [0.25, 0.3) is 0 Å². The van der Waals surface area contributed by atoms with Gasteiger partial charge < -0.3 is 15.1 Å². The van der Waals surface area contributed by atoms with Crippen LogP contribution in [0.3, 0.4) is 0 Å². The van der Waals surface area contributed by atoms with Crippen molar-refractivity contribution in [1.82, 2.24) is 20.1 Å². The van der Waals surface area contributed by atoms with E-state index in [0.29, 0.717) is 0 Å². The molecule has 1 aromatic rings. The van der Waals surface area contributed by atoms with Crippen LogP contribution in [-0.4, -0.2) is 61.1 Å². The Kier molecular flexibility index (Phi) is 5.58. The van der Waals surface area contributed by atoms with Gasteiger partial charge in [-0.05, 0) is 38.7 Å². The minimum Gasteiger partial charge on any atom is -0.310 e. The number of hydrogen-bond donors (Lipinski definition) is 1. The molecule has 0 saturated carbocycles. The van der Waals surface area contributed by atoms with Crippen molar-refractivity contribution in [2.45, 2.75) is 13.0 Å². The summed E-state index contributed by atoms with van der Waals surface area (Å²) in [6.07, 6.45) is 3.14. The van der Waals surface area contributed by atoms with Crippen LogP contribution in [0, 0.1) is 0 Å². The largest absolute Gasteiger partial charge is 0.310 e. The molecule has 0 bridgehead atoms. The number of nitrogens with one attached hydrogen (secondary N) is 1. The fraction of sp³-hybridized carbons (Fsp3) is 0.643. The van der Waals surface area contributed by atoms with Gasteiger partial charge in [-0.3, -0.25) is 4.98 Å². The van der Waals surface area contributed by atoms with Crippen molar-refractivity contribution in [1.29, 1.82) is 0 Å². The van der Waals surface area contributed by atoms with Gasteiger partial charge in [0.2, 0.25) is 0 Å². The Balaban J connectivity index is 1.60. The van der Waals surface area contributed by atoms with Crippen LogP contribution in [-0.2, 0) is 6.54 Å². The van der Waals surface area contributed by atoms with Gasteiger partial charge in [0.05, 0.1) is 5.69 Å². The molecule has 2 rings (SSSR count). The minimum atomic E-state index is 0.870. The van der Waals surface area contributed by atoms with E-state index in [-0.39, 0.29) is 0 Å². The van der Waals surface area contributed by atoms with E-state index in [1.807, 2.05) is 18.3 Å². The van der Waals surface area contributed by atoms with E-state index < -0.39 is 0 Å². The Bertz CT molecular complexity index is 328. The molecule has 1 aliphatic rings. The average molecular weight is 248 g/mol. The van der Waals surface area contributed by atoms with Gasteiger partial charge in [-0.15, -0.1) is 0 Å². The summed E-state index contributed by atoms with van der Waals surface area (Å²) < 4.78 is 0. The third-order valence-electron chi connectivity index (χ3n) is 3.45. The van der Waals surface area contributed by atoms with Crippen molar-refractivity contribution in [3.63, 3.8) is 0 Å². The van der Waals surface area contributed by atoms with Gasteiger partial charge in [-0.2, -0.15) is 0 Å². The van der Waals surface area contributed by atoms with Crippen LogP contribution >= 0.6 is 0 Å². The topological polar surface area (TPSA) is 31.4 Å². The highest BCUT2D eigenvalue weighted by Gasteiger charge is 2.10. The first kappa shape index (κ1) is 13.5. The lowest BCUT2D eigenvalue weighted by atomic mass is 10.3. The number of aromatic nitrogens is 1. The van der Waals surface area contributed by atoms with Crippen LogP contribution in [0.1, 0.15) is 12.1 Å². The van der Waals surface area contributed by atoms with E-state index in [9.17, 15) is 0 Å². The second kappa shape index (κ2) is 7.46. The Morgan fingerprint density at radius 2 is 2.17 bits per heavy atom. The summed E-state index contributed by atoms with van der Waals surface area (Å²) in [7, 11) is 2.21. The second-order valence-corrected chi connectivity index (χ2v) is 5.00. The number of pyridine rings is 1. The highest BCUT2D eigenvalue weighted by atomic mass is 15.2. The van der Waals surface area contributed by atoms with Crippen molar-refractivity contribution >= 4 is 0 Å². The predicted molar refractivity (Wildman–Crippen MR) is 74.5 cm³/mol. The molecule has 4 nitrogen and oxygen atoms in total. The molecule has 1 N–H and O–H groups in total. The fourth-order valence-corrected chi connectivity index (χ4v) is 2.28. The van der Waals surface area contributed by atoms with Gasteiger partial charge in [-0.25, -0.2) is 0 Å². The molecule has 1 fully saturated rings. The smallest absolute Gasteiger partial charge is 0.0541 e. The van der Waals surface area contributed by atoms with Crippen LogP contribution in [0.5, 0.6) is 0 Å². The number of likely N-dealkylation sites (N-methyl/N-ethyl adjacent to an activating group) is 1. The van der Waals surface area contributed by atoms with E-state index in [2.05, 4.69) is 33.2 Å². The van der Waals surface area contributed by atoms with Gasteiger partial charge in [0.1, 0.15) is 0 Å². The summed E-state index contributed by atoms with van der Waals surface area (Å²) in [6, 6.07) is 6.06. The zero-order valence-electron chi connectivity index (χ0n) is 11.3. The first-order valence-corrected chi connectivity index (χ1v) is 6.86. The average Bonchev–Trinajstić information content (AvgIpc) is 2.61. The third-order valence-corrected chi connectivity index (χ3v) is 3.45. The highest BCUT2D eigenvalue weighted by Crippen LogP contribution is 2.00. The summed E-state index contributed by atoms with van der Waals surface area (Å²) in [5, 5.41) is 3.46. The maximum Gasteiger partial charge on any atom is 0.0541 e. The van der Waals surface area contributed by atoms with Crippen molar-refractivity contribution in [2.24, 2.45) is 0 Å². The van der Waals surface area contributed by atoms with Gasteiger partial charge in [0.15, 0.2) is 0 Å². The molecule has 0 radical (unpaired) electrons. The maximum atomic E-state index is 4.31. The molecule has 0 spiro atoms. The Hall–Kier alpha value is -0.970. The predicted octanol–water partition coefficient (Wildman–Crippen LogP) is 0.809. The molecule has 0 unspecified atom stereocenters. The number of rotatable bonds is 5. The zero-order valence-corrected chi connectivity index (χ0v) is 11.3. The van der Waals surface area contributed by atoms with Gasteiger partial charge >= 0.3 is 0 Å². The first-order valence-electron chi connectivity index (χ1n) is 6.86. The van der Waals surface area contributed by atoms with Crippen molar-refractivity contribution in [3.05, 3.63) is 30.1 Å². The highest BCUT2D eigenvalue weighted by molar-refractivity contribution is 5.02. The summed E-state index contributed by atoms with van der Waals surface area (Å²) in [5.74, 6) is 0. The second-order valence-electron chi connectivity index (χ2n) is 5.00. The lowest BCUT2D eigenvalue weighted by Crippen LogP contribution is -2.34. The Labute approximate surface area is 110 Å². The van der Waals surface area contributed by atoms with E-state index in [0.717, 1.165) is 25.3 Å². The molecule has 0 aromatic carbocycles. The monoisotopic (exact) mass is 248 g/mol. The number of nitrogens with zero attached hydrogens (tertiary/aromatic N) is 3. The Morgan fingerprint density at radius 3 is 3.00 bits per heavy atom. The lowest BCUT2D eigenvalue weighted by Gasteiger charge is -2.20. The quantitative estimate of drug-likeness (QED) is 0.781. The molecule has 1 aliphatic heterocycles. The van der Waals surface area contributed by atoms with Crippen molar-refractivity contribution in [2.75, 3.05) is 46.3 Å². The maximum absolute atomic E-state index is 4.31. The molecule has 2 heterocycles. The van der Waals surface area contributed by atoms with E-state index in [4.69, 9.17) is 0 Å².